The maximum atomic E-state index is 12.6. The van der Waals surface area contributed by atoms with Gasteiger partial charge in [0.2, 0.25) is 0 Å². The lowest BCUT2D eigenvalue weighted by molar-refractivity contribution is -0.137. The third-order valence-corrected chi connectivity index (χ3v) is 2.58. The van der Waals surface area contributed by atoms with Gasteiger partial charge >= 0.3 is 6.18 Å². The zero-order chi connectivity index (χ0) is 13.9. The number of halogens is 3. The predicted molar refractivity (Wildman–Crippen MR) is 67.3 cm³/mol. The molecular formula is C13H14F3N3. The summed E-state index contributed by atoms with van der Waals surface area (Å²) in [6.45, 7) is 2.80. The lowest BCUT2D eigenvalue weighted by Crippen LogP contribution is -2.06. The number of aromatic nitrogens is 2. The standard InChI is InChI=1S/C13H14F3N3/c1-2-7-17-12-6-8-19(18-12)11-5-3-4-10(9-11)13(14,15)16/h3-6,8-9H,2,7H2,1H3,(H,17,18). The van der Waals surface area contributed by atoms with E-state index >= 15 is 0 Å². The average Bonchev–Trinajstić information content (AvgIpc) is 2.84. The van der Waals surface area contributed by atoms with Gasteiger partial charge in [0, 0.05) is 18.8 Å². The molecule has 2 aromatic rings. The van der Waals surface area contributed by atoms with Crippen LogP contribution in [0.4, 0.5) is 19.0 Å². The molecule has 0 unspecified atom stereocenters. The van der Waals surface area contributed by atoms with Crippen molar-refractivity contribution in [1.29, 1.82) is 0 Å². The normalized spacial score (nSPS) is 11.6. The van der Waals surface area contributed by atoms with Crippen LogP contribution in [0.1, 0.15) is 18.9 Å². The van der Waals surface area contributed by atoms with Gasteiger partial charge in [0.1, 0.15) is 5.82 Å². The van der Waals surface area contributed by atoms with E-state index in [1.807, 2.05) is 6.92 Å². The Morgan fingerprint density at radius 2 is 2.05 bits per heavy atom. The molecule has 19 heavy (non-hydrogen) atoms. The van der Waals surface area contributed by atoms with Crippen LogP contribution in [0.15, 0.2) is 36.5 Å². The second-order valence-electron chi connectivity index (χ2n) is 4.12. The molecule has 0 aliphatic rings. The van der Waals surface area contributed by atoms with Crippen molar-refractivity contribution in [1.82, 2.24) is 9.78 Å². The highest BCUT2D eigenvalue weighted by Crippen LogP contribution is 2.30. The number of rotatable bonds is 4. The highest BCUT2D eigenvalue weighted by atomic mass is 19.4. The molecule has 0 saturated carbocycles. The molecule has 1 aromatic heterocycles. The molecule has 3 nitrogen and oxygen atoms in total. The molecule has 0 atom stereocenters. The predicted octanol–water partition coefficient (Wildman–Crippen LogP) is 3.71. The number of hydrogen-bond donors (Lipinski definition) is 1. The molecule has 1 N–H and O–H groups in total. The Hall–Kier alpha value is -1.98. The van der Waals surface area contributed by atoms with Gasteiger partial charge in [-0.1, -0.05) is 13.0 Å². The average molecular weight is 269 g/mol. The van der Waals surface area contributed by atoms with E-state index in [1.54, 1.807) is 18.3 Å². The topological polar surface area (TPSA) is 29.9 Å². The summed E-state index contributed by atoms with van der Waals surface area (Å²) in [4.78, 5) is 0. The van der Waals surface area contributed by atoms with E-state index in [4.69, 9.17) is 0 Å². The van der Waals surface area contributed by atoms with Gasteiger partial charge in [0.05, 0.1) is 11.3 Å². The zero-order valence-electron chi connectivity index (χ0n) is 10.4. The highest BCUT2D eigenvalue weighted by Gasteiger charge is 2.30. The summed E-state index contributed by atoms with van der Waals surface area (Å²) in [7, 11) is 0. The Labute approximate surface area is 109 Å². The van der Waals surface area contributed by atoms with Gasteiger partial charge < -0.3 is 5.32 Å². The first-order valence-corrected chi connectivity index (χ1v) is 5.98. The van der Waals surface area contributed by atoms with E-state index in [0.29, 0.717) is 11.5 Å². The summed E-state index contributed by atoms with van der Waals surface area (Å²) in [5.74, 6) is 0.652. The Morgan fingerprint density at radius 3 is 2.74 bits per heavy atom. The first-order chi connectivity index (χ1) is 9.00. The van der Waals surface area contributed by atoms with Crippen molar-refractivity contribution in [3.05, 3.63) is 42.1 Å². The Balaban J connectivity index is 2.24. The monoisotopic (exact) mass is 269 g/mol. The van der Waals surface area contributed by atoms with Crippen molar-refractivity contribution >= 4 is 5.82 Å². The lowest BCUT2D eigenvalue weighted by atomic mass is 10.2. The van der Waals surface area contributed by atoms with Crippen LogP contribution >= 0.6 is 0 Å². The fraction of sp³-hybridized carbons (Fsp3) is 0.308. The molecular weight excluding hydrogens is 255 g/mol. The minimum Gasteiger partial charge on any atom is -0.369 e. The number of nitrogens with one attached hydrogen (secondary N) is 1. The van der Waals surface area contributed by atoms with Crippen LogP contribution < -0.4 is 5.32 Å². The summed E-state index contributed by atoms with van der Waals surface area (Å²) >= 11 is 0. The molecule has 0 aliphatic carbocycles. The van der Waals surface area contributed by atoms with E-state index < -0.39 is 11.7 Å². The lowest BCUT2D eigenvalue weighted by Gasteiger charge is -2.08. The van der Waals surface area contributed by atoms with E-state index in [2.05, 4.69) is 10.4 Å². The van der Waals surface area contributed by atoms with Gasteiger partial charge in [-0.15, -0.1) is 0 Å². The first kappa shape index (κ1) is 13.5. The van der Waals surface area contributed by atoms with Crippen molar-refractivity contribution < 1.29 is 13.2 Å². The second kappa shape index (κ2) is 5.34. The smallest absolute Gasteiger partial charge is 0.369 e. The molecule has 0 amide bonds. The molecule has 0 radical (unpaired) electrons. The summed E-state index contributed by atoms with van der Waals surface area (Å²) in [5.41, 5.74) is -0.289. The van der Waals surface area contributed by atoms with Gasteiger partial charge in [-0.25, -0.2) is 4.68 Å². The Morgan fingerprint density at radius 1 is 1.26 bits per heavy atom. The summed E-state index contributed by atoms with van der Waals surface area (Å²) in [5, 5.41) is 7.25. The molecule has 0 spiro atoms. The minimum atomic E-state index is -4.34. The molecule has 0 fully saturated rings. The summed E-state index contributed by atoms with van der Waals surface area (Å²) in [6.07, 6.45) is -1.75. The fourth-order valence-corrected chi connectivity index (χ4v) is 1.64. The summed E-state index contributed by atoms with van der Waals surface area (Å²) < 4.78 is 39.3. The Bertz CT molecular complexity index is 546. The van der Waals surface area contributed by atoms with Crippen LogP contribution in [-0.2, 0) is 6.18 Å². The van der Waals surface area contributed by atoms with Crippen LogP contribution in [0.2, 0.25) is 0 Å². The molecule has 0 bridgehead atoms. The van der Waals surface area contributed by atoms with Crippen molar-refractivity contribution in [2.75, 3.05) is 11.9 Å². The van der Waals surface area contributed by atoms with Crippen molar-refractivity contribution in [2.45, 2.75) is 19.5 Å². The SMILES string of the molecule is CCCNc1ccn(-c2cccc(C(F)(F)F)c2)n1. The maximum absolute atomic E-state index is 12.6. The van der Waals surface area contributed by atoms with E-state index in [-0.39, 0.29) is 0 Å². The molecule has 102 valence electrons. The minimum absolute atomic E-state index is 0.388. The molecule has 1 heterocycles. The van der Waals surface area contributed by atoms with E-state index in [0.717, 1.165) is 25.1 Å². The number of nitrogens with zero attached hydrogens (tertiary/aromatic N) is 2. The third-order valence-electron chi connectivity index (χ3n) is 2.58. The first-order valence-electron chi connectivity index (χ1n) is 5.98. The quantitative estimate of drug-likeness (QED) is 0.916. The van der Waals surface area contributed by atoms with E-state index in [9.17, 15) is 13.2 Å². The van der Waals surface area contributed by atoms with Crippen LogP contribution in [-0.4, -0.2) is 16.3 Å². The molecule has 2 rings (SSSR count). The Kier molecular flexibility index (Phi) is 3.78. The van der Waals surface area contributed by atoms with Crippen LogP contribution in [0.5, 0.6) is 0 Å². The fourth-order valence-electron chi connectivity index (χ4n) is 1.64. The molecule has 0 aliphatic heterocycles. The second-order valence-corrected chi connectivity index (χ2v) is 4.12. The molecule has 6 heteroatoms. The number of hydrogen-bond acceptors (Lipinski definition) is 2. The largest absolute Gasteiger partial charge is 0.416 e. The van der Waals surface area contributed by atoms with Crippen molar-refractivity contribution in [2.24, 2.45) is 0 Å². The van der Waals surface area contributed by atoms with Gasteiger partial charge in [0.15, 0.2) is 0 Å². The van der Waals surface area contributed by atoms with Crippen molar-refractivity contribution in [3.63, 3.8) is 0 Å². The third kappa shape index (κ3) is 3.27. The molecule has 0 saturated heterocycles. The number of anilines is 1. The maximum Gasteiger partial charge on any atom is 0.416 e. The summed E-state index contributed by atoms with van der Waals surface area (Å²) in [6, 6.07) is 6.82. The van der Waals surface area contributed by atoms with Crippen molar-refractivity contribution in [3.8, 4) is 5.69 Å². The van der Waals surface area contributed by atoms with Gasteiger partial charge in [-0.05, 0) is 24.6 Å². The highest BCUT2D eigenvalue weighted by molar-refractivity contribution is 5.40. The van der Waals surface area contributed by atoms with Crippen LogP contribution in [0.25, 0.3) is 5.69 Å². The van der Waals surface area contributed by atoms with Gasteiger partial charge in [-0.2, -0.15) is 18.3 Å². The number of benzene rings is 1. The molecule has 1 aromatic carbocycles. The van der Waals surface area contributed by atoms with Gasteiger partial charge in [0.25, 0.3) is 0 Å². The number of alkyl halides is 3. The zero-order valence-corrected chi connectivity index (χ0v) is 10.4. The van der Waals surface area contributed by atoms with Crippen LogP contribution in [0, 0.1) is 0 Å². The van der Waals surface area contributed by atoms with E-state index in [1.165, 1.54) is 10.7 Å². The van der Waals surface area contributed by atoms with Gasteiger partial charge in [-0.3, -0.25) is 0 Å². The van der Waals surface area contributed by atoms with Crippen LogP contribution in [0.3, 0.4) is 0 Å².